The summed E-state index contributed by atoms with van der Waals surface area (Å²) in [4.78, 5) is 0. The largest absolute Gasteiger partial charge is 0.416 e. The maximum atomic E-state index is 12.4. The highest BCUT2D eigenvalue weighted by Crippen LogP contribution is 2.32. The minimum absolute atomic E-state index is 0.243. The fourth-order valence-electron chi connectivity index (χ4n) is 1.17. The number of rotatable bonds is 3. The van der Waals surface area contributed by atoms with Gasteiger partial charge in [0.1, 0.15) is 0 Å². The second-order valence-corrected chi connectivity index (χ2v) is 3.65. The van der Waals surface area contributed by atoms with Gasteiger partial charge in [0.05, 0.1) is 11.3 Å². The average Bonchev–Trinajstić information content (AvgIpc) is 2.24. The van der Waals surface area contributed by atoms with Crippen molar-refractivity contribution in [2.24, 2.45) is 5.84 Å². The lowest BCUT2D eigenvalue weighted by atomic mass is 10.1. The van der Waals surface area contributed by atoms with Crippen molar-refractivity contribution in [3.8, 4) is 0 Å². The molecule has 0 spiro atoms. The third-order valence-corrected chi connectivity index (χ3v) is 2.30. The van der Waals surface area contributed by atoms with Gasteiger partial charge in [0, 0.05) is 5.33 Å². The van der Waals surface area contributed by atoms with E-state index in [0.29, 0.717) is 10.9 Å². The Kier molecular flexibility index (Phi) is 4.37. The summed E-state index contributed by atoms with van der Waals surface area (Å²) in [6, 6.07) is 3.37. The van der Waals surface area contributed by atoms with E-state index in [9.17, 15) is 13.2 Å². The second kappa shape index (κ2) is 5.36. The quantitative estimate of drug-likeness (QED) is 0.509. The Hall–Kier alpha value is -1.01. The van der Waals surface area contributed by atoms with Crippen LogP contribution in [-0.4, -0.2) is 5.33 Å². The number of nitrogens with one attached hydrogen (secondary N) is 1. The van der Waals surface area contributed by atoms with E-state index >= 15 is 0 Å². The highest BCUT2D eigenvalue weighted by atomic mass is 79.9. The van der Waals surface area contributed by atoms with Crippen molar-refractivity contribution >= 4 is 27.7 Å². The maximum absolute atomic E-state index is 12.4. The molecule has 0 atom stereocenters. The normalized spacial score (nSPS) is 12.1. The second-order valence-electron chi connectivity index (χ2n) is 3.00. The first-order valence-electron chi connectivity index (χ1n) is 4.39. The van der Waals surface area contributed by atoms with Crippen LogP contribution in [0.2, 0.25) is 0 Å². The molecule has 6 heteroatoms. The Labute approximate surface area is 99.4 Å². The zero-order valence-corrected chi connectivity index (χ0v) is 9.77. The van der Waals surface area contributed by atoms with Crippen LogP contribution in [-0.2, 0) is 6.18 Å². The van der Waals surface area contributed by atoms with Crippen molar-refractivity contribution in [2.75, 3.05) is 10.8 Å². The van der Waals surface area contributed by atoms with E-state index in [1.54, 1.807) is 12.2 Å². The fourth-order valence-corrected chi connectivity index (χ4v) is 1.36. The molecule has 0 aliphatic heterocycles. The maximum Gasteiger partial charge on any atom is 0.416 e. The molecule has 0 aromatic heterocycles. The van der Waals surface area contributed by atoms with Gasteiger partial charge in [-0.25, -0.2) is 0 Å². The number of halogens is 4. The van der Waals surface area contributed by atoms with Crippen molar-refractivity contribution in [2.45, 2.75) is 6.18 Å². The predicted molar refractivity (Wildman–Crippen MR) is 62.1 cm³/mol. The van der Waals surface area contributed by atoms with E-state index in [4.69, 9.17) is 5.84 Å². The molecule has 3 N–H and O–H groups in total. The molecule has 88 valence electrons. The summed E-state index contributed by atoms with van der Waals surface area (Å²) in [5, 5.41) is 0.623. The molecule has 2 nitrogen and oxygen atoms in total. The Morgan fingerprint density at radius 3 is 2.56 bits per heavy atom. The van der Waals surface area contributed by atoms with Crippen LogP contribution >= 0.6 is 15.9 Å². The van der Waals surface area contributed by atoms with Crippen molar-refractivity contribution in [3.05, 3.63) is 35.4 Å². The monoisotopic (exact) mass is 294 g/mol. The molecule has 1 aromatic rings. The molecule has 1 rings (SSSR count). The summed E-state index contributed by atoms with van der Waals surface area (Å²) >= 11 is 3.18. The topological polar surface area (TPSA) is 38.0 Å². The molecule has 1 aromatic carbocycles. The number of hydrazine groups is 1. The standard InChI is InChI=1S/C10H10BrF3N2/c11-5-1-2-7-3-4-8(10(12,13)14)6-9(7)16-15/h1-4,6,16H,5,15H2. The first kappa shape index (κ1) is 13.1. The summed E-state index contributed by atoms with van der Waals surface area (Å²) in [6.45, 7) is 0. The number of nitrogens with two attached hydrogens (primary N) is 1. The number of allylic oxidation sites excluding steroid dienone is 1. The molecule has 0 radical (unpaired) electrons. The molecular formula is C10H10BrF3N2. The molecule has 0 aliphatic carbocycles. The molecule has 0 fully saturated rings. The lowest BCUT2D eigenvalue weighted by Gasteiger charge is -2.10. The van der Waals surface area contributed by atoms with E-state index < -0.39 is 11.7 Å². The van der Waals surface area contributed by atoms with Gasteiger partial charge >= 0.3 is 6.18 Å². The Morgan fingerprint density at radius 2 is 2.06 bits per heavy atom. The number of hydrogen-bond acceptors (Lipinski definition) is 2. The van der Waals surface area contributed by atoms with Crippen molar-refractivity contribution in [1.29, 1.82) is 0 Å². The van der Waals surface area contributed by atoms with Gasteiger partial charge in [0.15, 0.2) is 0 Å². The first-order chi connectivity index (χ1) is 7.49. The zero-order chi connectivity index (χ0) is 12.2. The SMILES string of the molecule is NNc1cc(C(F)(F)F)ccc1C=CCBr. The number of alkyl halides is 4. The van der Waals surface area contributed by atoms with Gasteiger partial charge in [-0.15, -0.1) is 0 Å². The summed E-state index contributed by atoms with van der Waals surface area (Å²) in [5.41, 5.74) is 2.37. The van der Waals surface area contributed by atoms with Gasteiger partial charge in [-0.2, -0.15) is 13.2 Å². The fraction of sp³-hybridized carbons (Fsp3) is 0.200. The molecule has 0 heterocycles. The molecular weight excluding hydrogens is 285 g/mol. The molecule has 0 bridgehead atoms. The third-order valence-electron chi connectivity index (χ3n) is 1.92. The summed E-state index contributed by atoms with van der Waals surface area (Å²) in [7, 11) is 0. The molecule has 0 amide bonds. The van der Waals surface area contributed by atoms with E-state index in [1.165, 1.54) is 6.07 Å². The van der Waals surface area contributed by atoms with Crippen molar-refractivity contribution < 1.29 is 13.2 Å². The van der Waals surface area contributed by atoms with Crippen LogP contribution in [0.1, 0.15) is 11.1 Å². The van der Waals surface area contributed by atoms with Crippen LogP contribution in [0.15, 0.2) is 24.3 Å². The Morgan fingerprint density at radius 1 is 1.38 bits per heavy atom. The lowest BCUT2D eigenvalue weighted by molar-refractivity contribution is -0.137. The van der Waals surface area contributed by atoms with Gasteiger partial charge in [-0.1, -0.05) is 34.1 Å². The van der Waals surface area contributed by atoms with Crippen molar-refractivity contribution in [1.82, 2.24) is 0 Å². The van der Waals surface area contributed by atoms with Gasteiger partial charge in [0.2, 0.25) is 0 Å². The smallest absolute Gasteiger partial charge is 0.324 e. The average molecular weight is 295 g/mol. The molecule has 0 aliphatic rings. The van der Waals surface area contributed by atoms with E-state index in [2.05, 4.69) is 21.4 Å². The first-order valence-corrected chi connectivity index (χ1v) is 5.51. The lowest BCUT2D eigenvalue weighted by Crippen LogP contribution is -2.11. The predicted octanol–water partition coefficient (Wildman–Crippen LogP) is 3.40. The van der Waals surface area contributed by atoms with E-state index in [0.717, 1.165) is 12.1 Å². The molecule has 16 heavy (non-hydrogen) atoms. The summed E-state index contributed by atoms with van der Waals surface area (Å²) in [6.07, 6.45) is -0.906. The number of nitrogen functional groups attached to an aromatic ring is 1. The minimum atomic E-state index is -4.36. The summed E-state index contributed by atoms with van der Waals surface area (Å²) in [5.74, 6) is 5.17. The van der Waals surface area contributed by atoms with Crippen LogP contribution in [0.4, 0.5) is 18.9 Å². The Bertz CT molecular complexity index is 388. The number of anilines is 1. The van der Waals surface area contributed by atoms with Crippen LogP contribution in [0.25, 0.3) is 6.08 Å². The minimum Gasteiger partial charge on any atom is -0.324 e. The Balaban J connectivity index is 3.12. The van der Waals surface area contributed by atoms with Crippen LogP contribution in [0.5, 0.6) is 0 Å². The molecule has 0 unspecified atom stereocenters. The third kappa shape index (κ3) is 3.24. The van der Waals surface area contributed by atoms with Gasteiger partial charge in [-0.05, 0) is 17.7 Å². The number of benzene rings is 1. The van der Waals surface area contributed by atoms with E-state index in [1.807, 2.05) is 0 Å². The van der Waals surface area contributed by atoms with Crippen LogP contribution in [0, 0.1) is 0 Å². The molecule has 0 saturated heterocycles. The highest BCUT2D eigenvalue weighted by Gasteiger charge is 2.30. The zero-order valence-electron chi connectivity index (χ0n) is 8.18. The van der Waals surface area contributed by atoms with Crippen molar-refractivity contribution in [3.63, 3.8) is 0 Å². The van der Waals surface area contributed by atoms with Crippen LogP contribution in [0.3, 0.4) is 0 Å². The summed E-state index contributed by atoms with van der Waals surface area (Å²) < 4.78 is 37.2. The van der Waals surface area contributed by atoms with Gasteiger partial charge < -0.3 is 5.43 Å². The van der Waals surface area contributed by atoms with E-state index in [-0.39, 0.29) is 5.69 Å². The van der Waals surface area contributed by atoms with Gasteiger partial charge in [-0.3, -0.25) is 5.84 Å². The highest BCUT2D eigenvalue weighted by molar-refractivity contribution is 9.09. The van der Waals surface area contributed by atoms with Crippen LogP contribution < -0.4 is 11.3 Å². The molecule has 0 saturated carbocycles. The number of hydrogen-bond donors (Lipinski definition) is 2. The van der Waals surface area contributed by atoms with Gasteiger partial charge in [0.25, 0.3) is 0 Å².